The molecule has 0 rings (SSSR count). The van der Waals surface area contributed by atoms with E-state index in [1.54, 1.807) is 0 Å². The Morgan fingerprint density at radius 2 is 2.00 bits per heavy atom. The summed E-state index contributed by atoms with van der Waals surface area (Å²) in [4.78, 5) is 0. The molecular weight excluding hydrogens is 112 g/mol. The minimum atomic E-state index is 0.735. The number of hydrogen-bond acceptors (Lipinski definition) is 2. The molecule has 0 atom stereocenters. The van der Waals surface area contributed by atoms with Crippen LogP contribution in [-0.2, 0) is 0 Å². The minimum Gasteiger partial charge on any atom is -0.255 e. The highest BCUT2D eigenvalue weighted by Gasteiger charge is 1.94. The zero-order chi connectivity index (χ0) is 7.28. The van der Waals surface area contributed by atoms with E-state index < -0.39 is 0 Å². The van der Waals surface area contributed by atoms with E-state index in [2.05, 4.69) is 38.3 Å². The van der Waals surface area contributed by atoms with Crippen LogP contribution in [0.3, 0.4) is 0 Å². The summed E-state index contributed by atoms with van der Waals surface area (Å²) in [5, 5.41) is 2.10. The maximum absolute atomic E-state index is 3.27. The predicted molar refractivity (Wildman–Crippen MR) is 41.1 cm³/mol. The minimum absolute atomic E-state index is 0.735. The molecule has 1 N–H and O–H groups in total. The van der Waals surface area contributed by atoms with Crippen molar-refractivity contribution >= 4 is 0 Å². The lowest BCUT2D eigenvalue weighted by molar-refractivity contribution is 0.234. The van der Waals surface area contributed by atoms with E-state index in [9.17, 15) is 0 Å². The molecule has 0 aromatic rings. The third-order valence-corrected chi connectivity index (χ3v) is 1.24. The van der Waals surface area contributed by atoms with Gasteiger partial charge in [0.25, 0.3) is 0 Å². The maximum Gasteiger partial charge on any atom is 0.0125 e. The van der Waals surface area contributed by atoms with Gasteiger partial charge in [-0.1, -0.05) is 20.8 Å². The van der Waals surface area contributed by atoms with Crippen molar-refractivity contribution in [2.24, 2.45) is 5.92 Å². The van der Waals surface area contributed by atoms with Crippen LogP contribution in [0, 0.1) is 5.92 Å². The van der Waals surface area contributed by atoms with Crippen molar-refractivity contribution in [1.82, 2.24) is 10.4 Å². The fraction of sp³-hybridized carbons (Fsp3) is 1.00. The molecule has 0 aliphatic rings. The van der Waals surface area contributed by atoms with Gasteiger partial charge < -0.3 is 0 Å². The molecule has 9 heavy (non-hydrogen) atoms. The average molecular weight is 130 g/mol. The van der Waals surface area contributed by atoms with Gasteiger partial charge in [-0.25, -0.2) is 5.01 Å². The first-order valence-electron chi connectivity index (χ1n) is 3.61. The highest BCUT2D eigenvalue weighted by atomic mass is 15.5. The molecule has 0 amide bonds. The smallest absolute Gasteiger partial charge is 0.0125 e. The second kappa shape index (κ2) is 4.77. The molecule has 0 aromatic carbocycles. The van der Waals surface area contributed by atoms with Crippen molar-refractivity contribution in [3.63, 3.8) is 0 Å². The lowest BCUT2D eigenvalue weighted by atomic mass is 10.2. The summed E-state index contributed by atoms with van der Waals surface area (Å²) in [5.41, 5.74) is 3.27. The molecule has 0 aromatic heterocycles. The third-order valence-electron chi connectivity index (χ3n) is 1.24. The van der Waals surface area contributed by atoms with Crippen molar-refractivity contribution in [3.05, 3.63) is 0 Å². The molecule has 0 saturated heterocycles. The van der Waals surface area contributed by atoms with Crippen LogP contribution in [0.4, 0.5) is 0 Å². The summed E-state index contributed by atoms with van der Waals surface area (Å²) in [5.74, 6) is 0.735. The fourth-order valence-corrected chi connectivity index (χ4v) is 0.450. The molecule has 56 valence electrons. The standard InChI is InChI=1S/C7H18N2/c1-5-9(4)8-6-7(2)3/h7-8H,5-6H2,1-4H3. The summed E-state index contributed by atoms with van der Waals surface area (Å²) in [6.45, 7) is 8.68. The molecule has 0 bridgehead atoms. The van der Waals surface area contributed by atoms with E-state index in [1.807, 2.05) is 0 Å². The van der Waals surface area contributed by atoms with Gasteiger partial charge in [0.1, 0.15) is 0 Å². The van der Waals surface area contributed by atoms with Crippen molar-refractivity contribution in [1.29, 1.82) is 0 Å². The largest absolute Gasteiger partial charge is 0.255 e. The number of nitrogens with zero attached hydrogens (tertiary/aromatic N) is 1. The lowest BCUT2D eigenvalue weighted by Gasteiger charge is -2.16. The van der Waals surface area contributed by atoms with E-state index in [-0.39, 0.29) is 0 Å². The van der Waals surface area contributed by atoms with Crippen LogP contribution < -0.4 is 5.43 Å². The zero-order valence-electron chi connectivity index (χ0n) is 6.94. The first kappa shape index (κ1) is 8.92. The molecule has 0 unspecified atom stereocenters. The van der Waals surface area contributed by atoms with Crippen molar-refractivity contribution in [3.8, 4) is 0 Å². The van der Waals surface area contributed by atoms with Crippen LogP contribution in [0.25, 0.3) is 0 Å². The second-order valence-corrected chi connectivity index (χ2v) is 2.77. The molecule has 0 fully saturated rings. The second-order valence-electron chi connectivity index (χ2n) is 2.77. The molecular formula is C7H18N2. The fourth-order valence-electron chi connectivity index (χ4n) is 0.450. The molecule has 0 heterocycles. The summed E-state index contributed by atoms with van der Waals surface area (Å²) in [6.07, 6.45) is 0. The summed E-state index contributed by atoms with van der Waals surface area (Å²) < 4.78 is 0. The van der Waals surface area contributed by atoms with Crippen LogP contribution in [-0.4, -0.2) is 25.1 Å². The Kier molecular flexibility index (Phi) is 4.72. The van der Waals surface area contributed by atoms with Crippen molar-refractivity contribution in [2.45, 2.75) is 20.8 Å². The molecule has 0 saturated carbocycles. The van der Waals surface area contributed by atoms with E-state index >= 15 is 0 Å². The van der Waals surface area contributed by atoms with Gasteiger partial charge in [-0.3, -0.25) is 5.43 Å². The van der Waals surface area contributed by atoms with Crippen molar-refractivity contribution < 1.29 is 0 Å². The Balaban J connectivity index is 3.06. The molecule has 0 aliphatic carbocycles. The number of hydrogen-bond donors (Lipinski definition) is 1. The van der Waals surface area contributed by atoms with Gasteiger partial charge in [-0.2, -0.15) is 0 Å². The van der Waals surface area contributed by atoms with Crippen LogP contribution in [0.5, 0.6) is 0 Å². The Hall–Kier alpha value is -0.0800. The summed E-state index contributed by atoms with van der Waals surface area (Å²) in [6, 6.07) is 0. The van der Waals surface area contributed by atoms with Crippen molar-refractivity contribution in [2.75, 3.05) is 20.1 Å². The first-order chi connectivity index (χ1) is 4.16. The van der Waals surface area contributed by atoms with Gasteiger partial charge in [0.15, 0.2) is 0 Å². The van der Waals surface area contributed by atoms with Crippen LogP contribution >= 0.6 is 0 Å². The maximum atomic E-state index is 3.27. The highest BCUT2D eigenvalue weighted by molar-refractivity contribution is 4.46. The Morgan fingerprint density at radius 3 is 2.33 bits per heavy atom. The van der Waals surface area contributed by atoms with E-state index in [0.29, 0.717) is 0 Å². The van der Waals surface area contributed by atoms with Crippen LogP contribution in [0.15, 0.2) is 0 Å². The monoisotopic (exact) mass is 130 g/mol. The lowest BCUT2D eigenvalue weighted by Crippen LogP contribution is -2.36. The highest BCUT2D eigenvalue weighted by Crippen LogP contribution is 1.87. The van der Waals surface area contributed by atoms with E-state index in [0.717, 1.165) is 19.0 Å². The van der Waals surface area contributed by atoms with Gasteiger partial charge in [0.2, 0.25) is 0 Å². The van der Waals surface area contributed by atoms with Gasteiger partial charge in [0, 0.05) is 20.1 Å². The SMILES string of the molecule is CCN(C)NCC(C)C. The summed E-state index contributed by atoms with van der Waals surface area (Å²) in [7, 11) is 2.06. The van der Waals surface area contributed by atoms with Crippen LogP contribution in [0.2, 0.25) is 0 Å². The van der Waals surface area contributed by atoms with Gasteiger partial charge in [0.05, 0.1) is 0 Å². The third kappa shape index (κ3) is 5.80. The topological polar surface area (TPSA) is 15.3 Å². The van der Waals surface area contributed by atoms with E-state index in [1.165, 1.54) is 0 Å². The average Bonchev–Trinajstić information content (AvgIpc) is 1.83. The molecule has 0 radical (unpaired) electrons. The van der Waals surface area contributed by atoms with Gasteiger partial charge >= 0.3 is 0 Å². The number of nitrogens with one attached hydrogen (secondary N) is 1. The Bertz CT molecular complexity index is 61.9. The predicted octanol–water partition coefficient (Wildman–Crippen LogP) is 1.10. The van der Waals surface area contributed by atoms with Crippen LogP contribution in [0.1, 0.15) is 20.8 Å². The van der Waals surface area contributed by atoms with Gasteiger partial charge in [-0.15, -0.1) is 0 Å². The number of hydrazine groups is 1. The summed E-state index contributed by atoms with van der Waals surface area (Å²) >= 11 is 0. The normalized spacial score (nSPS) is 11.3. The molecule has 0 spiro atoms. The molecule has 2 heteroatoms. The zero-order valence-corrected chi connectivity index (χ0v) is 6.94. The molecule has 0 aliphatic heterocycles. The Morgan fingerprint density at radius 1 is 1.44 bits per heavy atom. The first-order valence-corrected chi connectivity index (χ1v) is 3.61. The Labute approximate surface area is 58.2 Å². The number of rotatable bonds is 4. The van der Waals surface area contributed by atoms with E-state index in [4.69, 9.17) is 0 Å². The quantitative estimate of drug-likeness (QED) is 0.573. The molecule has 2 nitrogen and oxygen atoms in total. The van der Waals surface area contributed by atoms with Gasteiger partial charge in [-0.05, 0) is 5.92 Å².